The monoisotopic (exact) mass is 238 g/mol. The summed E-state index contributed by atoms with van der Waals surface area (Å²) in [5.41, 5.74) is 0.447. The van der Waals surface area contributed by atoms with Gasteiger partial charge in [0.15, 0.2) is 5.43 Å². The van der Waals surface area contributed by atoms with Gasteiger partial charge in [-0.2, -0.15) is 0 Å². The fourth-order valence-corrected chi connectivity index (χ4v) is 1.42. The van der Waals surface area contributed by atoms with Crippen molar-refractivity contribution in [2.75, 3.05) is 6.61 Å². The Morgan fingerprint density at radius 2 is 2.18 bits per heavy atom. The van der Waals surface area contributed by atoms with Crippen molar-refractivity contribution in [1.29, 1.82) is 0 Å². The molecule has 0 aromatic carbocycles. The molecule has 5 heteroatoms. The average Bonchev–Trinajstić information content (AvgIpc) is 2.24. The van der Waals surface area contributed by atoms with Crippen molar-refractivity contribution in [3.05, 3.63) is 33.7 Å². The molecule has 5 nitrogen and oxygen atoms in total. The van der Waals surface area contributed by atoms with Gasteiger partial charge in [0, 0.05) is 18.0 Å². The number of H-pyrrole nitrogens is 1. The van der Waals surface area contributed by atoms with Crippen molar-refractivity contribution < 1.29 is 9.90 Å². The van der Waals surface area contributed by atoms with Crippen molar-refractivity contribution in [1.82, 2.24) is 10.3 Å². The number of nitrogens with one attached hydrogen (secondary N) is 2. The minimum Gasteiger partial charge on any atom is -0.394 e. The second kappa shape index (κ2) is 5.63. The van der Waals surface area contributed by atoms with E-state index in [4.69, 9.17) is 5.11 Å². The van der Waals surface area contributed by atoms with E-state index in [-0.39, 0.29) is 29.6 Å². The summed E-state index contributed by atoms with van der Waals surface area (Å²) >= 11 is 0. The smallest absolute Gasteiger partial charge is 0.257 e. The Bertz CT molecular complexity index is 451. The Kier molecular flexibility index (Phi) is 4.45. The second-order valence-corrected chi connectivity index (χ2v) is 4.40. The summed E-state index contributed by atoms with van der Waals surface area (Å²) in [7, 11) is 0. The van der Waals surface area contributed by atoms with Crippen LogP contribution in [0.5, 0.6) is 0 Å². The molecule has 0 spiro atoms. The third kappa shape index (κ3) is 3.42. The van der Waals surface area contributed by atoms with Gasteiger partial charge in [0.25, 0.3) is 5.91 Å². The number of carbonyl (C=O) groups excluding carboxylic acids is 1. The van der Waals surface area contributed by atoms with Crippen molar-refractivity contribution in [3.8, 4) is 0 Å². The molecule has 1 unspecified atom stereocenters. The maximum Gasteiger partial charge on any atom is 0.257 e. The number of aryl methyl sites for hydroxylation is 1. The summed E-state index contributed by atoms with van der Waals surface area (Å²) in [4.78, 5) is 26.2. The van der Waals surface area contributed by atoms with Gasteiger partial charge in [-0.05, 0) is 12.8 Å². The van der Waals surface area contributed by atoms with Crippen LogP contribution in [0.25, 0.3) is 0 Å². The summed E-state index contributed by atoms with van der Waals surface area (Å²) in [6.45, 7) is 5.38. The standard InChI is InChI=1S/C12H18N2O3/c1-7(2)10(6-15)14-12(17)9-5-13-8(3)4-11(9)16/h4-5,7,10,15H,6H2,1-3H3,(H,13,16)(H,14,17). The predicted octanol–water partition coefficient (Wildman–Crippen LogP) is 0.430. The summed E-state index contributed by atoms with van der Waals surface area (Å²) in [5, 5.41) is 11.7. The Morgan fingerprint density at radius 3 is 2.65 bits per heavy atom. The van der Waals surface area contributed by atoms with Gasteiger partial charge in [-0.15, -0.1) is 0 Å². The minimum atomic E-state index is -0.459. The molecule has 17 heavy (non-hydrogen) atoms. The lowest BCUT2D eigenvalue weighted by atomic mass is 10.1. The number of carbonyl (C=O) groups is 1. The van der Waals surface area contributed by atoms with E-state index in [1.807, 2.05) is 13.8 Å². The topological polar surface area (TPSA) is 82.2 Å². The molecule has 94 valence electrons. The van der Waals surface area contributed by atoms with Crippen molar-refractivity contribution in [3.63, 3.8) is 0 Å². The normalized spacial score (nSPS) is 12.5. The molecule has 1 amide bonds. The molecule has 1 heterocycles. The van der Waals surface area contributed by atoms with Crippen LogP contribution in [-0.4, -0.2) is 28.6 Å². The minimum absolute atomic E-state index is 0.0645. The number of aliphatic hydroxyl groups is 1. The van der Waals surface area contributed by atoms with E-state index >= 15 is 0 Å². The number of amides is 1. The van der Waals surface area contributed by atoms with Gasteiger partial charge < -0.3 is 15.4 Å². The number of rotatable bonds is 4. The van der Waals surface area contributed by atoms with Gasteiger partial charge in [-0.25, -0.2) is 0 Å². The van der Waals surface area contributed by atoms with Crippen LogP contribution < -0.4 is 10.7 Å². The fourth-order valence-electron chi connectivity index (χ4n) is 1.42. The van der Waals surface area contributed by atoms with Crippen molar-refractivity contribution in [2.45, 2.75) is 26.8 Å². The van der Waals surface area contributed by atoms with Gasteiger partial charge >= 0.3 is 0 Å². The molecule has 3 N–H and O–H groups in total. The average molecular weight is 238 g/mol. The van der Waals surface area contributed by atoms with E-state index in [1.54, 1.807) is 6.92 Å². The lowest BCUT2D eigenvalue weighted by Gasteiger charge is -2.19. The molecule has 0 fully saturated rings. The molecule has 0 saturated heterocycles. The summed E-state index contributed by atoms with van der Waals surface area (Å²) in [6.07, 6.45) is 1.39. The van der Waals surface area contributed by atoms with Crippen molar-refractivity contribution in [2.24, 2.45) is 5.92 Å². The summed E-state index contributed by atoms with van der Waals surface area (Å²) < 4.78 is 0. The molecule has 1 aromatic rings. The third-order valence-corrected chi connectivity index (χ3v) is 2.62. The fraction of sp³-hybridized carbons (Fsp3) is 0.500. The zero-order valence-electron chi connectivity index (χ0n) is 10.3. The highest BCUT2D eigenvalue weighted by atomic mass is 16.3. The lowest BCUT2D eigenvalue weighted by Crippen LogP contribution is -2.42. The first kappa shape index (κ1) is 13.4. The van der Waals surface area contributed by atoms with Crippen LogP contribution >= 0.6 is 0 Å². The first-order valence-corrected chi connectivity index (χ1v) is 5.56. The molecule has 1 aromatic heterocycles. The van der Waals surface area contributed by atoms with Crippen LogP contribution in [-0.2, 0) is 0 Å². The molecule has 0 aliphatic carbocycles. The van der Waals surface area contributed by atoms with Crippen LogP contribution in [0.15, 0.2) is 17.1 Å². The number of aromatic amines is 1. The Balaban J connectivity index is 2.86. The maximum atomic E-state index is 11.8. The zero-order valence-corrected chi connectivity index (χ0v) is 10.3. The van der Waals surface area contributed by atoms with E-state index in [9.17, 15) is 9.59 Å². The molecule has 0 aliphatic rings. The van der Waals surface area contributed by atoms with Gasteiger partial charge in [-0.1, -0.05) is 13.8 Å². The highest BCUT2D eigenvalue weighted by Gasteiger charge is 2.17. The molecule has 0 saturated carbocycles. The predicted molar refractivity (Wildman–Crippen MR) is 65.0 cm³/mol. The van der Waals surface area contributed by atoms with Crippen LogP contribution in [0, 0.1) is 12.8 Å². The largest absolute Gasteiger partial charge is 0.394 e. The molecule has 0 bridgehead atoms. The van der Waals surface area contributed by atoms with E-state index in [0.29, 0.717) is 5.69 Å². The summed E-state index contributed by atoms with van der Waals surface area (Å²) in [5.74, 6) is -0.354. The number of aromatic nitrogens is 1. The van der Waals surface area contributed by atoms with E-state index in [1.165, 1.54) is 12.3 Å². The second-order valence-electron chi connectivity index (χ2n) is 4.40. The highest BCUT2D eigenvalue weighted by molar-refractivity contribution is 5.94. The van der Waals surface area contributed by atoms with Gasteiger partial charge in [0.1, 0.15) is 5.56 Å². The Labute approximate surface area is 99.9 Å². The number of hydrogen-bond acceptors (Lipinski definition) is 3. The zero-order chi connectivity index (χ0) is 13.0. The highest BCUT2D eigenvalue weighted by Crippen LogP contribution is 2.02. The lowest BCUT2D eigenvalue weighted by molar-refractivity contribution is 0.0895. The number of pyridine rings is 1. The van der Waals surface area contributed by atoms with Crippen molar-refractivity contribution >= 4 is 5.91 Å². The molecular weight excluding hydrogens is 220 g/mol. The molecule has 1 rings (SSSR count). The maximum absolute atomic E-state index is 11.8. The number of aliphatic hydroxyl groups excluding tert-OH is 1. The quantitative estimate of drug-likeness (QED) is 0.711. The number of hydrogen-bond donors (Lipinski definition) is 3. The molecule has 1 atom stereocenters. The Hall–Kier alpha value is -1.62. The van der Waals surface area contributed by atoms with Crippen LogP contribution in [0.4, 0.5) is 0 Å². The molecule has 0 radical (unpaired) electrons. The van der Waals surface area contributed by atoms with Crippen LogP contribution in [0.1, 0.15) is 29.9 Å². The Morgan fingerprint density at radius 1 is 1.53 bits per heavy atom. The first-order valence-electron chi connectivity index (χ1n) is 5.56. The van der Waals surface area contributed by atoms with Gasteiger partial charge in [0.05, 0.1) is 12.6 Å². The molecule has 0 aliphatic heterocycles. The third-order valence-electron chi connectivity index (χ3n) is 2.62. The first-order chi connectivity index (χ1) is 7.95. The molecular formula is C12H18N2O3. The SMILES string of the molecule is Cc1cc(=O)c(C(=O)NC(CO)C(C)C)c[nH]1. The van der Waals surface area contributed by atoms with E-state index < -0.39 is 5.91 Å². The van der Waals surface area contributed by atoms with Gasteiger partial charge in [-0.3, -0.25) is 9.59 Å². The summed E-state index contributed by atoms with van der Waals surface area (Å²) in [6, 6.07) is 1.03. The van der Waals surface area contributed by atoms with Gasteiger partial charge in [0.2, 0.25) is 0 Å². The van der Waals surface area contributed by atoms with Crippen LogP contribution in [0.3, 0.4) is 0 Å². The van der Waals surface area contributed by atoms with Crippen LogP contribution in [0.2, 0.25) is 0 Å². The van der Waals surface area contributed by atoms with E-state index in [2.05, 4.69) is 10.3 Å². The van der Waals surface area contributed by atoms with E-state index in [0.717, 1.165) is 0 Å².